The average Bonchev–Trinajstić information content (AvgIpc) is 2.87. The van der Waals surface area contributed by atoms with E-state index in [1.165, 1.54) is 12.7 Å². The van der Waals surface area contributed by atoms with Crippen molar-refractivity contribution in [3.8, 4) is 0 Å². The summed E-state index contributed by atoms with van der Waals surface area (Å²) in [5, 5.41) is 0. The molecule has 0 unspecified atom stereocenters. The Morgan fingerprint density at radius 3 is 2.73 bits per heavy atom. The van der Waals surface area contributed by atoms with Crippen LogP contribution in [-0.4, -0.2) is 50.1 Å². The van der Waals surface area contributed by atoms with Gasteiger partial charge >= 0.3 is 5.97 Å². The highest BCUT2D eigenvalue weighted by Gasteiger charge is 2.23. The van der Waals surface area contributed by atoms with E-state index in [0.29, 0.717) is 12.1 Å². The second kappa shape index (κ2) is 6.81. The lowest BCUT2D eigenvalue weighted by molar-refractivity contribution is -0.140. The summed E-state index contributed by atoms with van der Waals surface area (Å²) in [6, 6.07) is 5.90. The normalized spacial score (nSPS) is 13.2. The number of hydrogen-bond donors (Lipinski definition) is 0. The minimum Gasteiger partial charge on any atom is -0.469 e. The third-order valence-electron chi connectivity index (χ3n) is 4.13. The molecule has 1 amide bonds. The molecular formula is C17H24N2O3. The molecule has 1 aliphatic rings. The zero-order chi connectivity index (χ0) is 16.3. The average molecular weight is 304 g/mol. The van der Waals surface area contributed by atoms with E-state index in [2.05, 4.69) is 9.64 Å². The van der Waals surface area contributed by atoms with Gasteiger partial charge < -0.3 is 14.5 Å². The standard InChI is InChI=1S/C17H24N2O3/c1-12(2)19(10-8-16(20)22-4)17(21)14-6-5-13-7-9-18(3)15(13)11-14/h5-6,11-12H,7-10H2,1-4H3. The Labute approximate surface area is 131 Å². The molecule has 2 rings (SSSR count). The first-order valence-electron chi connectivity index (χ1n) is 7.66. The van der Waals surface area contributed by atoms with Gasteiger partial charge in [0.2, 0.25) is 0 Å². The number of amides is 1. The van der Waals surface area contributed by atoms with Crippen LogP contribution in [0.2, 0.25) is 0 Å². The van der Waals surface area contributed by atoms with Crippen molar-refractivity contribution < 1.29 is 14.3 Å². The first kappa shape index (κ1) is 16.3. The summed E-state index contributed by atoms with van der Waals surface area (Å²) in [7, 11) is 3.40. The Morgan fingerprint density at radius 2 is 2.09 bits per heavy atom. The van der Waals surface area contributed by atoms with Crippen LogP contribution >= 0.6 is 0 Å². The van der Waals surface area contributed by atoms with E-state index in [0.717, 1.165) is 18.7 Å². The first-order valence-corrected chi connectivity index (χ1v) is 7.66. The fraction of sp³-hybridized carbons (Fsp3) is 0.529. The smallest absolute Gasteiger partial charge is 0.307 e. The number of fused-ring (bicyclic) bond motifs is 1. The van der Waals surface area contributed by atoms with Crippen molar-refractivity contribution in [2.75, 3.05) is 32.1 Å². The molecule has 0 spiro atoms. The van der Waals surface area contributed by atoms with Crippen molar-refractivity contribution in [3.05, 3.63) is 29.3 Å². The van der Waals surface area contributed by atoms with Gasteiger partial charge in [-0.15, -0.1) is 0 Å². The van der Waals surface area contributed by atoms with Gasteiger partial charge in [0, 0.05) is 37.4 Å². The quantitative estimate of drug-likeness (QED) is 0.782. The molecule has 0 atom stereocenters. The highest BCUT2D eigenvalue weighted by molar-refractivity contribution is 5.96. The van der Waals surface area contributed by atoms with Crippen LogP contribution in [0.4, 0.5) is 5.69 Å². The molecule has 1 aromatic carbocycles. The molecule has 0 aromatic heterocycles. The number of hydrogen-bond acceptors (Lipinski definition) is 4. The van der Waals surface area contributed by atoms with E-state index in [-0.39, 0.29) is 24.3 Å². The molecule has 0 N–H and O–H groups in total. The van der Waals surface area contributed by atoms with E-state index >= 15 is 0 Å². The monoisotopic (exact) mass is 304 g/mol. The van der Waals surface area contributed by atoms with Gasteiger partial charge in [0.25, 0.3) is 5.91 Å². The summed E-state index contributed by atoms with van der Waals surface area (Å²) < 4.78 is 4.66. The number of nitrogens with zero attached hydrogens (tertiary/aromatic N) is 2. The summed E-state index contributed by atoms with van der Waals surface area (Å²) in [6.45, 7) is 5.27. The van der Waals surface area contributed by atoms with Crippen molar-refractivity contribution >= 4 is 17.6 Å². The van der Waals surface area contributed by atoms with Gasteiger partial charge in [-0.05, 0) is 38.0 Å². The maximum absolute atomic E-state index is 12.7. The van der Waals surface area contributed by atoms with Crippen molar-refractivity contribution in [1.29, 1.82) is 0 Å². The van der Waals surface area contributed by atoms with Crippen molar-refractivity contribution in [2.24, 2.45) is 0 Å². The fourth-order valence-electron chi connectivity index (χ4n) is 2.75. The molecule has 0 bridgehead atoms. The van der Waals surface area contributed by atoms with E-state index in [4.69, 9.17) is 0 Å². The van der Waals surface area contributed by atoms with Crippen LogP contribution in [0.15, 0.2) is 18.2 Å². The van der Waals surface area contributed by atoms with E-state index in [1.807, 2.05) is 39.1 Å². The van der Waals surface area contributed by atoms with Crippen LogP contribution in [0, 0.1) is 0 Å². The molecule has 22 heavy (non-hydrogen) atoms. The number of anilines is 1. The van der Waals surface area contributed by atoms with Crippen LogP contribution in [0.1, 0.15) is 36.2 Å². The summed E-state index contributed by atoms with van der Waals surface area (Å²) in [5.74, 6) is -0.339. The van der Waals surface area contributed by atoms with Crippen molar-refractivity contribution in [1.82, 2.24) is 4.90 Å². The van der Waals surface area contributed by atoms with Crippen LogP contribution in [0.5, 0.6) is 0 Å². The number of carbonyl (C=O) groups excluding carboxylic acids is 2. The van der Waals surface area contributed by atoms with Gasteiger partial charge in [-0.2, -0.15) is 0 Å². The highest BCUT2D eigenvalue weighted by atomic mass is 16.5. The molecule has 120 valence electrons. The third-order valence-corrected chi connectivity index (χ3v) is 4.13. The largest absolute Gasteiger partial charge is 0.469 e. The number of benzene rings is 1. The molecule has 0 fully saturated rings. The van der Waals surface area contributed by atoms with Crippen LogP contribution in [0.3, 0.4) is 0 Å². The van der Waals surface area contributed by atoms with Gasteiger partial charge in [0.15, 0.2) is 0 Å². The third kappa shape index (κ3) is 3.40. The van der Waals surface area contributed by atoms with Gasteiger partial charge in [0.1, 0.15) is 0 Å². The Kier molecular flexibility index (Phi) is 5.06. The summed E-state index contributed by atoms with van der Waals surface area (Å²) in [6.07, 6.45) is 1.24. The zero-order valence-corrected chi connectivity index (χ0v) is 13.8. The predicted molar refractivity (Wildman–Crippen MR) is 86.2 cm³/mol. The number of carbonyl (C=O) groups is 2. The van der Waals surface area contributed by atoms with Crippen molar-refractivity contribution in [2.45, 2.75) is 32.7 Å². The Hall–Kier alpha value is -2.04. The Bertz CT molecular complexity index is 569. The lowest BCUT2D eigenvalue weighted by atomic mass is 10.1. The first-order chi connectivity index (χ1) is 10.4. The zero-order valence-electron chi connectivity index (χ0n) is 13.8. The molecule has 0 saturated heterocycles. The number of esters is 1. The van der Waals surface area contributed by atoms with Crippen LogP contribution in [-0.2, 0) is 16.0 Å². The molecule has 0 aliphatic carbocycles. The molecule has 5 heteroatoms. The summed E-state index contributed by atoms with van der Waals surface area (Å²) in [4.78, 5) is 28.0. The number of rotatable bonds is 5. The molecule has 1 heterocycles. The van der Waals surface area contributed by atoms with Gasteiger partial charge in [-0.3, -0.25) is 9.59 Å². The molecular weight excluding hydrogens is 280 g/mol. The molecule has 1 aromatic rings. The molecule has 0 saturated carbocycles. The number of likely N-dealkylation sites (N-methyl/N-ethyl adjacent to an activating group) is 1. The highest BCUT2D eigenvalue weighted by Crippen LogP contribution is 2.28. The minimum absolute atomic E-state index is 0.0307. The molecule has 1 aliphatic heterocycles. The summed E-state index contributed by atoms with van der Waals surface area (Å²) in [5.41, 5.74) is 3.08. The molecule has 5 nitrogen and oxygen atoms in total. The second-order valence-corrected chi connectivity index (χ2v) is 5.93. The number of ether oxygens (including phenoxy) is 1. The lowest BCUT2D eigenvalue weighted by Crippen LogP contribution is -2.38. The maximum atomic E-state index is 12.7. The minimum atomic E-state index is -0.299. The molecule has 0 radical (unpaired) electrons. The van der Waals surface area contributed by atoms with Gasteiger partial charge in [-0.25, -0.2) is 0 Å². The van der Waals surface area contributed by atoms with Gasteiger partial charge in [0.05, 0.1) is 13.5 Å². The lowest BCUT2D eigenvalue weighted by Gasteiger charge is -2.27. The fourth-order valence-corrected chi connectivity index (χ4v) is 2.75. The maximum Gasteiger partial charge on any atom is 0.307 e. The van der Waals surface area contributed by atoms with E-state index in [1.54, 1.807) is 4.90 Å². The predicted octanol–water partition coefficient (Wildman–Crippen LogP) is 2.09. The van der Waals surface area contributed by atoms with Gasteiger partial charge in [-0.1, -0.05) is 6.07 Å². The van der Waals surface area contributed by atoms with Crippen molar-refractivity contribution in [3.63, 3.8) is 0 Å². The van der Waals surface area contributed by atoms with E-state index in [9.17, 15) is 9.59 Å². The topological polar surface area (TPSA) is 49.9 Å². The SMILES string of the molecule is COC(=O)CCN(C(=O)c1ccc2c(c1)N(C)CC2)C(C)C. The Balaban J connectivity index is 2.17. The Morgan fingerprint density at radius 1 is 1.36 bits per heavy atom. The van der Waals surface area contributed by atoms with Crippen LogP contribution < -0.4 is 4.90 Å². The second-order valence-electron chi connectivity index (χ2n) is 5.93. The van der Waals surface area contributed by atoms with Crippen LogP contribution in [0.25, 0.3) is 0 Å². The number of methoxy groups -OCH3 is 1. The summed E-state index contributed by atoms with van der Waals surface area (Å²) >= 11 is 0. The van der Waals surface area contributed by atoms with E-state index < -0.39 is 0 Å².